The van der Waals surface area contributed by atoms with Crippen LogP contribution in [0.3, 0.4) is 0 Å². The van der Waals surface area contributed by atoms with Gasteiger partial charge in [0.2, 0.25) is 5.91 Å². The van der Waals surface area contributed by atoms with E-state index in [1.54, 1.807) is 29.0 Å². The van der Waals surface area contributed by atoms with Crippen molar-refractivity contribution in [3.8, 4) is 5.75 Å². The lowest BCUT2D eigenvalue weighted by molar-refractivity contribution is -0.134. The van der Waals surface area contributed by atoms with Gasteiger partial charge in [-0.3, -0.25) is 4.79 Å². The van der Waals surface area contributed by atoms with Crippen LogP contribution in [-0.4, -0.2) is 52.5 Å². The lowest BCUT2D eigenvalue weighted by atomic mass is 9.84. The molecule has 1 heterocycles. The highest BCUT2D eigenvalue weighted by atomic mass is 16.3. The van der Waals surface area contributed by atoms with Gasteiger partial charge in [-0.2, -0.15) is 0 Å². The molecule has 2 fully saturated rings. The first kappa shape index (κ1) is 20.5. The molecule has 3 amide bonds. The molecular weight excluding hydrogens is 354 g/mol. The van der Waals surface area contributed by atoms with Crippen LogP contribution in [0.15, 0.2) is 24.3 Å². The maximum absolute atomic E-state index is 13.0. The molecule has 1 aromatic rings. The zero-order valence-corrected chi connectivity index (χ0v) is 17.1. The number of nitrogens with one attached hydrogen (secondary N) is 1. The van der Waals surface area contributed by atoms with Crippen molar-refractivity contribution < 1.29 is 14.7 Å². The molecule has 0 spiro atoms. The molecule has 2 N–H and O–H groups in total. The smallest absolute Gasteiger partial charge is 0.318 e. The SMILES string of the molecule is C[C@@H](NC(=O)N1CCC[C@@H]1C(=O)N(C)Cc1ccc(O)cc1)C1CCCCC1. The topological polar surface area (TPSA) is 72.9 Å². The normalized spacial score (nSPS) is 21.4. The van der Waals surface area contributed by atoms with E-state index in [-0.39, 0.29) is 29.8 Å². The van der Waals surface area contributed by atoms with Gasteiger partial charge in [0.1, 0.15) is 11.8 Å². The summed E-state index contributed by atoms with van der Waals surface area (Å²) in [5, 5.41) is 12.6. The molecule has 0 aromatic heterocycles. The minimum absolute atomic E-state index is 0.0222. The zero-order valence-electron chi connectivity index (χ0n) is 17.1. The number of likely N-dealkylation sites (tertiary alicyclic amines) is 1. The third-order valence-electron chi connectivity index (χ3n) is 6.24. The number of carbonyl (C=O) groups is 2. The second-order valence-electron chi connectivity index (χ2n) is 8.35. The Balaban J connectivity index is 1.56. The number of hydrogen-bond donors (Lipinski definition) is 2. The second-order valence-corrected chi connectivity index (χ2v) is 8.35. The Labute approximate surface area is 167 Å². The van der Waals surface area contributed by atoms with Gasteiger partial charge >= 0.3 is 6.03 Å². The molecule has 6 heteroatoms. The Hall–Kier alpha value is -2.24. The van der Waals surface area contributed by atoms with Crippen molar-refractivity contribution in [1.82, 2.24) is 15.1 Å². The Morgan fingerprint density at radius 2 is 1.82 bits per heavy atom. The number of carbonyl (C=O) groups excluding carboxylic acids is 2. The van der Waals surface area contributed by atoms with Crippen LogP contribution in [0, 0.1) is 5.92 Å². The van der Waals surface area contributed by atoms with Crippen LogP contribution in [0.1, 0.15) is 57.4 Å². The van der Waals surface area contributed by atoms with Crippen LogP contribution in [0.2, 0.25) is 0 Å². The molecule has 28 heavy (non-hydrogen) atoms. The summed E-state index contributed by atoms with van der Waals surface area (Å²) < 4.78 is 0. The number of hydrogen-bond acceptors (Lipinski definition) is 3. The van der Waals surface area contributed by atoms with Crippen molar-refractivity contribution in [2.45, 2.75) is 70.5 Å². The molecule has 0 radical (unpaired) electrons. The lowest BCUT2D eigenvalue weighted by Gasteiger charge is -2.32. The Morgan fingerprint density at radius 1 is 1.14 bits per heavy atom. The van der Waals surface area contributed by atoms with E-state index in [4.69, 9.17) is 0 Å². The van der Waals surface area contributed by atoms with E-state index in [2.05, 4.69) is 12.2 Å². The predicted molar refractivity (Wildman–Crippen MR) is 109 cm³/mol. The molecule has 1 saturated carbocycles. The molecule has 6 nitrogen and oxygen atoms in total. The number of nitrogens with zero attached hydrogens (tertiary/aromatic N) is 2. The molecule has 1 aliphatic carbocycles. The monoisotopic (exact) mass is 387 g/mol. The van der Waals surface area contributed by atoms with E-state index < -0.39 is 0 Å². The van der Waals surface area contributed by atoms with Gasteiger partial charge in [0.15, 0.2) is 0 Å². The fourth-order valence-electron chi connectivity index (χ4n) is 4.50. The Kier molecular flexibility index (Phi) is 6.81. The predicted octanol–water partition coefficient (Wildman–Crippen LogP) is 3.49. The summed E-state index contributed by atoms with van der Waals surface area (Å²) in [6.07, 6.45) is 7.72. The Morgan fingerprint density at radius 3 is 2.50 bits per heavy atom. The molecular formula is C22H33N3O3. The molecule has 154 valence electrons. The van der Waals surface area contributed by atoms with Crippen LogP contribution >= 0.6 is 0 Å². The van der Waals surface area contributed by atoms with E-state index in [9.17, 15) is 14.7 Å². The van der Waals surface area contributed by atoms with Crippen LogP contribution in [-0.2, 0) is 11.3 Å². The maximum Gasteiger partial charge on any atom is 0.318 e. The number of phenols is 1. The summed E-state index contributed by atoms with van der Waals surface area (Å²) >= 11 is 0. The third-order valence-corrected chi connectivity index (χ3v) is 6.24. The van der Waals surface area contributed by atoms with E-state index in [1.807, 2.05) is 12.1 Å². The lowest BCUT2D eigenvalue weighted by Crippen LogP contribution is -2.52. The van der Waals surface area contributed by atoms with Crippen molar-refractivity contribution in [2.24, 2.45) is 5.92 Å². The molecule has 3 rings (SSSR count). The molecule has 1 aromatic carbocycles. The van der Waals surface area contributed by atoms with Gasteiger partial charge in [0.05, 0.1) is 0 Å². The Bertz CT molecular complexity index is 670. The summed E-state index contributed by atoms with van der Waals surface area (Å²) in [6.45, 7) is 3.19. The third kappa shape index (κ3) is 4.97. The number of rotatable bonds is 5. The van der Waals surface area contributed by atoms with Crippen molar-refractivity contribution in [1.29, 1.82) is 0 Å². The summed E-state index contributed by atoms with van der Waals surface area (Å²) in [5.41, 5.74) is 0.952. The number of aromatic hydroxyl groups is 1. The average Bonchev–Trinajstić information content (AvgIpc) is 3.19. The summed E-state index contributed by atoms with van der Waals surface area (Å²) in [6, 6.07) is 6.52. The first-order valence-electron chi connectivity index (χ1n) is 10.6. The second kappa shape index (κ2) is 9.30. The highest BCUT2D eigenvalue weighted by Crippen LogP contribution is 2.27. The molecule has 0 unspecified atom stereocenters. The van der Waals surface area contributed by atoms with Crippen molar-refractivity contribution >= 4 is 11.9 Å². The highest BCUT2D eigenvalue weighted by molar-refractivity contribution is 5.87. The van der Waals surface area contributed by atoms with Crippen molar-refractivity contribution in [3.05, 3.63) is 29.8 Å². The van der Waals surface area contributed by atoms with Crippen LogP contribution < -0.4 is 5.32 Å². The summed E-state index contributed by atoms with van der Waals surface area (Å²) in [7, 11) is 1.77. The van der Waals surface area contributed by atoms with Gasteiger partial charge in [-0.1, -0.05) is 31.4 Å². The van der Waals surface area contributed by atoms with Crippen LogP contribution in [0.25, 0.3) is 0 Å². The summed E-state index contributed by atoms with van der Waals surface area (Å²) in [5.74, 6) is 0.737. The minimum atomic E-state index is -0.388. The van der Waals surface area contributed by atoms with E-state index in [1.165, 1.54) is 32.1 Å². The maximum atomic E-state index is 13.0. The number of benzene rings is 1. The standard InChI is InChI=1S/C22H33N3O3/c1-16(18-7-4-3-5-8-18)23-22(28)25-14-6-9-20(25)21(27)24(2)15-17-10-12-19(26)13-11-17/h10-13,16,18,20,26H,3-9,14-15H2,1-2H3,(H,23,28)/t16-,20-/m1/s1. The molecule has 1 aliphatic heterocycles. The zero-order chi connectivity index (χ0) is 20.1. The summed E-state index contributed by atoms with van der Waals surface area (Å²) in [4.78, 5) is 29.2. The van der Waals surface area contributed by atoms with E-state index >= 15 is 0 Å². The highest BCUT2D eigenvalue weighted by Gasteiger charge is 2.36. The quantitative estimate of drug-likeness (QED) is 0.812. The number of likely N-dealkylation sites (N-methyl/N-ethyl adjacent to an activating group) is 1. The van der Waals surface area contributed by atoms with Gasteiger partial charge in [-0.05, 0) is 56.2 Å². The van der Waals surface area contributed by atoms with Gasteiger partial charge in [0, 0.05) is 26.2 Å². The first-order valence-corrected chi connectivity index (χ1v) is 10.6. The molecule has 2 atom stereocenters. The van der Waals surface area contributed by atoms with E-state index in [0.717, 1.165) is 12.0 Å². The fraction of sp³-hybridized carbons (Fsp3) is 0.636. The average molecular weight is 388 g/mol. The van der Waals surface area contributed by atoms with Crippen molar-refractivity contribution in [3.63, 3.8) is 0 Å². The van der Waals surface area contributed by atoms with Gasteiger partial charge in [-0.15, -0.1) is 0 Å². The van der Waals surface area contributed by atoms with Crippen LogP contribution in [0.4, 0.5) is 4.79 Å². The van der Waals surface area contributed by atoms with Gasteiger partial charge < -0.3 is 20.2 Å². The minimum Gasteiger partial charge on any atom is -0.508 e. The van der Waals surface area contributed by atoms with E-state index in [0.29, 0.717) is 25.4 Å². The van der Waals surface area contributed by atoms with Gasteiger partial charge in [-0.25, -0.2) is 4.79 Å². The molecule has 0 bridgehead atoms. The van der Waals surface area contributed by atoms with Gasteiger partial charge in [0.25, 0.3) is 0 Å². The number of urea groups is 1. The van der Waals surface area contributed by atoms with Crippen LogP contribution in [0.5, 0.6) is 5.75 Å². The first-order chi connectivity index (χ1) is 13.5. The largest absolute Gasteiger partial charge is 0.508 e. The fourth-order valence-corrected chi connectivity index (χ4v) is 4.50. The number of amides is 3. The number of phenolic OH excluding ortho intramolecular Hbond substituents is 1. The molecule has 1 saturated heterocycles. The molecule has 2 aliphatic rings. The van der Waals surface area contributed by atoms with Crippen molar-refractivity contribution in [2.75, 3.05) is 13.6 Å².